The predicted molar refractivity (Wildman–Crippen MR) is 62.5 cm³/mol. The quantitative estimate of drug-likeness (QED) is 0.834. The second-order valence-electron chi connectivity index (χ2n) is 4.45. The van der Waals surface area contributed by atoms with Crippen molar-refractivity contribution in [2.45, 2.75) is 46.6 Å². The van der Waals surface area contributed by atoms with Crippen molar-refractivity contribution >= 4 is 5.97 Å². The van der Waals surface area contributed by atoms with E-state index in [2.05, 4.69) is 25.9 Å². The molecule has 16 heavy (non-hydrogen) atoms. The van der Waals surface area contributed by atoms with Crippen molar-refractivity contribution < 1.29 is 9.90 Å². The number of hydrogen-bond acceptors (Lipinski definition) is 2. The molecule has 0 bridgehead atoms. The van der Waals surface area contributed by atoms with Crippen LogP contribution in [0.5, 0.6) is 0 Å². The van der Waals surface area contributed by atoms with Gasteiger partial charge in [-0.05, 0) is 32.3 Å². The van der Waals surface area contributed by atoms with Gasteiger partial charge in [0.2, 0.25) is 0 Å². The molecular weight excluding hydrogens is 204 g/mol. The fourth-order valence-electron chi connectivity index (χ4n) is 1.84. The van der Waals surface area contributed by atoms with Gasteiger partial charge in [-0.15, -0.1) is 0 Å². The number of hydrogen-bond donors (Lipinski definition) is 1. The SMILES string of the molecule is CCc1c(CC(C)C(=O)O)cnn1C(C)C. The van der Waals surface area contributed by atoms with E-state index in [0.717, 1.165) is 17.7 Å². The standard InChI is InChI=1S/C12H20N2O2/c1-5-11-10(6-9(4)12(15)16)7-13-14(11)8(2)3/h7-9H,5-6H2,1-4H3,(H,15,16). The molecule has 1 atom stereocenters. The summed E-state index contributed by atoms with van der Waals surface area (Å²) >= 11 is 0. The minimum atomic E-state index is -0.751. The van der Waals surface area contributed by atoms with E-state index in [1.165, 1.54) is 0 Å². The van der Waals surface area contributed by atoms with Crippen LogP contribution in [0, 0.1) is 5.92 Å². The molecule has 0 amide bonds. The van der Waals surface area contributed by atoms with Crippen LogP contribution in [-0.4, -0.2) is 20.9 Å². The summed E-state index contributed by atoms with van der Waals surface area (Å²) in [4.78, 5) is 10.8. The zero-order valence-corrected chi connectivity index (χ0v) is 10.4. The Morgan fingerprint density at radius 2 is 2.12 bits per heavy atom. The van der Waals surface area contributed by atoms with Crippen LogP contribution >= 0.6 is 0 Å². The van der Waals surface area contributed by atoms with Gasteiger partial charge in [0.15, 0.2) is 0 Å². The van der Waals surface area contributed by atoms with Crippen molar-refractivity contribution in [3.8, 4) is 0 Å². The molecule has 0 aromatic carbocycles. The molecule has 4 heteroatoms. The summed E-state index contributed by atoms with van der Waals surface area (Å²) in [6.45, 7) is 7.96. The van der Waals surface area contributed by atoms with Crippen molar-refractivity contribution in [2.75, 3.05) is 0 Å². The molecule has 90 valence electrons. The van der Waals surface area contributed by atoms with Crippen molar-refractivity contribution in [3.63, 3.8) is 0 Å². The van der Waals surface area contributed by atoms with Gasteiger partial charge in [-0.25, -0.2) is 0 Å². The van der Waals surface area contributed by atoms with Gasteiger partial charge in [-0.2, -0.15) is 5.10 Å². The topological polar surface area (TPSA) is 55.1 Å². The summed E-state index contributed by atoms with van der Waals surface area (Å²) in [7, 11) is 0. The fourth-order valence-corrected chi connectivity index (χ4v) is 1.84. The summed E-state index contributed by atoms with van der Waals surface area (Å²) in [6, 6.07) is 0.323. The molecule has 0 aliphatic carbocycles. The highest BCUT2D eigenvalue weighted by Crippen LogP contribution is 2.18. The summed E-state index contributed by atoms with van der Waals surface area (Å²) in [5, 5.41) is 13.2. The van der Waals surface area contributed by atoms with Gasteiger partial charge in [0, 0.05) is 11.7 Å². The molecule has 0 fully saturated rings. The van der Waals surface area contributed by atoms with Crippen LogP contribution in [0.3, 0.4) is 0 Å². The minimum absolute atomic E-state index is 0.323. The average molecular weight is 224 g/mol. The van der Waals surface area contributed by atoms with Crippen LogP contribution in [0.25, 0.3) is 0 Å². The van der Waals surface area contributed by atoms with Gasteiger partial charge in [0.25, 0.3) is 0 Å². The Labute approximate surface area is 96.3 Å². The Balaban J connectivity index is 2.93. The lowest BCUT2D eigenvalue weighted by molar-refractivity contribution is -0.141. The summed E-state index contributed by atoms with van der Waals surface area (Å²) < 4.78 is 1.98. The molecule has 0 aliphatic heterocycles. The maximum absolute atomic E-state index is 10.8. The summed E-state index contributed by atoms with van der Waals surface area (Å²) in [6.07, 6.45) is 3.25. The molecule has 1 heterocycles. The van der Waals surface area contributed by atoms with Gasteiger partial charge in [0.05, 0.1) is 12.1 Å². The zero-order valence-electron chi connectivity index (χ0n) is 10.4. The second kappa shape index (κ2) is 5.14. The first kappa shape index (κ1) is 12.7. The maximum atomic E-state index is 10.8. The zero-order chi connectivity index (χ0) is 12.3. The molecule has 4 nitrogen and oxygen atoms in total. The Bertz CT molecular complexity index is 369. The maximum Gasteiger partial charge on any atom is 0.306 e. The van der Waals surface area contributed by atoms with E-state index in [-0.39, 0.29) is 5.92 Å². The molecule has 1 aromatic rings. The van der Waals surface area contributed by atoms with Crippen molar-refractivity contribution in [1.82, 2.24) is 9.78 Å². The predicted octanol–water partition coefficient (Wildman–Crippen LogP) is 2.29. The van der Waals surface area contributed by atoms with Gasteiger partial charge in [0.1, 0.15) is 0 Å². The molecule has 0 saturated heterocycles. The van der Waals surface area contributed by atoms with Gasteiger partial charge >= 0.3 is 5.97 Å². The third-order valence-electron chi connectivity index (χ3n) is 2.76. The highest BCUT2D eigenvalue weighted by atomic mass is 16.4. The lowest BCUT2D eigenvalue weighted by Gasteiger charge is -2.12. The summed E-state index contributed by atoms with van der Waals surface area (Å²) in [5.74, 6) is -1.10. The minimum Gasteiger partial charge on any atom is -0.481 e. The van der Waals surface area contributed by atoms with Crippen LogP contribution < -0.4 is 0 Å². The van der Waals surface area contributed by atoms with E-state index in [4.69, 9.17) is 5.11 Å². The Morgan fingerprint density at radius 3 is 2.56 bits per heavy atom. The highest BCUT2D eigenvalue weighted by molar-refractivity contribution is 5.69. The third kappa shape index (κ3) is 2.62. The van der Waals surface area contributed by atoms with E-state index >= 15 is 0 Å². The van der Waals surface area contributed by atoms with E-state index in [0.29, 0.717) is 12.5 Å². The van der Waals surface area contributed by atoms with Crippen molar-refractivity contribution in [2.24, 2.45) is 5.92 Å². The number of carboxylic acid groups (broad SMARTS) is 1. The largest absolute Gasteiger partial charge is 0.481 e. The number of carbonyl (C=O) groups is 1. The number of aromatic nitrogens is 2. The third-order valence-corrected chi connectivity index (χ3v) is 2.76. The Kier molecular flexibility index (Phi) is 4.10. The van der Waals surface area contributed by atoms with E-state index in [1.54, 1.807) is 13.1 Å². The van der Waals surface area contributed by atoms with Crippen molar-refractivity contribution in [1.29, 1.82) is 0 Å². The van der Waals surface area contributed by atoms with Crippen molar-refractivity contribution in [3.05, 3.63) is 17.5 Å². The molecule has 1 N–H and O–H groups in total. The first-order chi connectivity index (χ1) is 7.47. The lowest BCUT2D eigenvalue weighted by Crippen LogP contribution is -2.14. The molecule has 1 aromatic heterocycles. The molecule has 0 radical (unpaired) electrons. The van der Waals surface area contributed by atoms with Crippen LogP contribution in [0.15, 0.2) is 6.20 Å². The smallest absolute Gasteiger partial charge is 0.306 e. The molecule has 1 unspecified atom stereocenters. The summed E-state index contributed by atoms with van der Waals surface area (Å²) in [5.41, 5.74) is 2.22. The molecule has 1 rings (SSSR count). The normalized spacial score (nSPS) is 13.1. The number of nitrogens with zero attached hydrogens (tertiary/aromatic N) is 2. The molecule has 0 saturated carbocycles. The van der Waals surface area contributed by atoms with E-state index in [9.17, 15) is 4.79 Å². The lowest BCUT2D eigenvalue weighted by atomic mass is 10.0. The first-order valence-electron chi connectivity index (χ1n) is 5.75. The molecule has 0 aliphatic rings. The second-order valence-corrected chi connectivity index (χ2v) is 4.45. The number of aliphatic carboxylic acids is 1. The fraction of sp³-hybridized carbons (Fsp3) is 0.667. The monoisotopic (exact) mass is 224 g/mol. The number of carboxylic acids is 1. The van der Waals surface area contributed by atoms with Crippen LogP contribution in [0.4, 0.5) is 0 Å². The first-order valence-corrected chi connectivity index (χ1v) is 5.75. The highest BCUT2D eigenvalue weighted by Gasteiger charge is 2.17. The van der Waals surface area contributed by atoms with E-state index < -0.39 is 5.97 Å². The molecule has 0 spiro atoms. The van der Waals surface area contributed by atoms with Gasteiger partial charge in [-0.3, -0.25) is 9.48 Å². The molecular formula is C12H20N2O2. The Hall–Kier alpha value is -1.32. The van der Waals surface area contributed by atoms with Gasteiger partial charge < -0.3 is 5.11 Å². The average Bonchev–Trinajstić information content (AvgIpc) is 2.60. The van der Waals surface area contributed by atoms with E-state index in [1.807, 2.05) is 4.68 Å². The Morgan fingerprint density at radius 1 is 1.50 bits per heavy atom. The van der Waals surface area contributed by atoms with Crippen LogP contribution in [-0.2, 0) is 17.6 Å². The van der Waals surface area contributed by atoms with Crippen LogP contribution in [0.1, 0.15) is 45.0 Å². The number of rotatable bonds is 5. The van der Waals surface area contributed by atoms with Gasteiger partial charge in [-0.1, -0.05) is 13.8 Å². The van der Waals surface area contributed by atoms with Crippen LogP contribution in [0.2, 0.25) is 0 Å².